The lowest BCUT2D eigenvalue weighted by Gasteiger charge is -2.24. The van der Waals surface area contributed by atoms with Crippen LogP contribution < -0.4 is 40.2 Å². The molecular weight excluding hydrogens is 1310 g/mol. The Morgan fingerprint density at radius 1 is 0.554 bits per heavy atom. The number of aliphatic imine (C=N–C) groups is 2. The Balaban J connectivity index is 0.613. The molecule has 0 saturated carbocycles. The summed E-state index contributed by atoms with van der Waals surface area (Å²) in [5, 5.41) is 11.0. The van der Waals surface area contributed by atoms with Crippen LogP contribution in [0.1, 0.15) is 92.0 Å². The highest BCUT2D eigenvalue weighted by molar-refractivity contribution is 6.13. The van der Waals surface area contributed by atoms with Gasteiger partial charge in [0.25, 0.3) is 23.6 Å². The summed E-state index contributed by atoms with van der Waals surface area (Å²) in [6.45, 7) is 16.5. The summed E-state index contributed by atoms with van der Waals surface area (Å²) < 4.78 is 67.6. The van der Waals surface area contributed by atoms with Crippen molar-refractivity contribution in [2.75, 3.05) is 158 Å². The third-order valence-electron chi connectivity index (χ3n) is 16.6. The number of methoxy groups -OCH3 is 2. The third kappa shape index (κ3) is 24.1. The molecule has 3 aromatic rings. The highest BCUT2D eigenvalue weighted by Gasteiger charge is 2.36. The van der Waals surface area contributed by atoms with Crippen LogP contribution in [0.4, 0.5) is 17.1 Å². The van der Waals surface area contributed by atoms with E-state index in [4.69, 9.17) is 61.8 Å². The van der Waals surface area contributed by atoms with E-state index in [1.54, 1.807) is 86.5 Å². The SMILES string of the molecule is C=C1CC2C=Nc3cc(OCCCCCOc4cc5c(cc4OC)C(=O)N4C=C(c6ccc(NC(=O)[C@H](C)NC(=O)[C@@H](NC(=O)CCOCCOCCOCCOCCOCCOCCOCCOCCNC(=O)CCN7C(=O)C=CC7=O)C(C)C)cc6)CC4C=N5)c(OC)cc3C(=O)N2C1. The standard InChI is InChI=1S/C72H95N9O20/c1-48(2)68(78-65(83)17-22-92-24-26-94-28-30-96-32-34-98-36-37-99-35-33-97-31-29-95-27-25-93-23-18-73-64(82)16-19-79-66(84)14-15-67(79)85)70(87)76-50(4)69(86)77-53-12-10-51(11-13-53)52-39-55-45-75-59-43-63(61(91-6)41-57(59)72(89)81(55)47-52)101-21-9-7-8-20-100-62-42-58-56(40-60(62)90-5)71(88)80-46-49(3)38-54(80)44-74-58/h10-15,40-45,47-48,50,54-55,68H,3,7-9,16-39,46H2,1-2,4-6H3,(H,73,82)(H,76,87)(H,77,86)(H,78,83)/t50-,54?,55?,68-/m0/s1. The molecule has 0 bridgehead atoms. The minimum atomic E-state index is -0.935. The van der Waals surface area contributed by atoms with E-state index in [1.165, 1.54) is 19.3 Å². The summed E-state index contributed by atoms with van der Waals surface area (Å²) >= 11 is 0. The second-order valence-corrected chi connectivity index (χ2v) is 24.4. The minimum Gasteiger partial charge on any atom is -0.493 e. The number of imide groups is 1. The van der Waals surface area contributed by atoms with Gasteiger partial charge in [0, 0.05) is 87.5 Å². The van der Waals surface area contributed by atoms with Crippen LogP contribution in [0.5, 0.6) is 23.0 Å². The second kappa shape index (κ2) is 41.1. The fourth-order valence-corrected chi connectivity index (χ4v) is 11.1. The number of hydrogen-bond acceptors (Lipinski definition) is 22. The molecule has 29 nitrogen and oxygen atoms in total. The van der Waals surface area contributed by atoms with E-state index in [2.05, 4.69) is 32.8 Å². The van der Waals surface area contributed by atoms with Crippen LogP contribution in [0.15, 0.2) is 89.0 Å². The molecule has 548 valence electrons. The number of unbranched alkanes of at least 4 members (excludes halogenated alkanes) is 2. The molecule has 4 atom stereocenters. The van der Waals surface area contributed by atoms with Gasteiger partial charge in [0.15, 0.2) is 23.0 Å². The Kier molecular flexibility index (Phi) is 31.7. The maximum absolute atomic E-state index is 14.1. The van der Waals surface area contributed by atoms with E-state index >= 15 is 0 Å². The molecule has 1 saturated heterocycles. The summed E-state index contributed by atoms with van der Waals surface area (Å²) in [6, 6.07) is 11.8. The van der Waals surface area contributed by atoms with Crippen LogP contribution >= 0.6 is 0 Å². The van der Waals surface area contributed by atoms with E-state index in [9.17, 15) is 38.4 Å². The first kappa shape index (κ1) is 77.8. The molecule has 5 aliphatic heterocycles. The zero-order chi connectivity index (χ0) is 71.9. The average Bonchev–Trinajstić information content (AvgIpc) is 1.66. The lowest BCUT2D eigenvalue weighted by Crippen LogP contribution is -2.53. The number of carbonyl (C=O) groups excluding carboxylic acids is 8. The van der Waals surface area contributed by atoms with E-state index in [1.807, 2.05) is 18.3 Å². The van der Waals surface area contributed by atoms with E-state index < -0.39 is 35.7 Å². The Labute approximate surface area is 588 Å². The highest BCUT2D eigenvalue weighted by atomic mass is 16.6. The van der Waals surface area contributed by atoms with Gasteiger partial charge >= 0.3 is 0 Å². The van der Waals surface area contributed by atoms with Crippen molar-refractivity contribution in [2.24, 2.45) is 15.9 Å². The lowest BCUT2D eigenvalue weighted by atomic mass is 10.0. The Bertz CT molecular complexity index is 3430. The molecule has 101 heavy (non-hydrogen) atoms. The van der Waals surface area contributed by atoms with Gasteiger partial charge in [-0.3, -0.25) is 53.2 Å². The monoisotopic (exact) mass is 1410 g/mol. The molecule has 3 aromatic carbocycles. The van der Waals surface area contributed by atoms with Gasteiger partial charge in [0.1, 0.15) is 12.1 Å². The maximum atomic E-state index is 14.1. The van der Waals surface area contributed by atoms with Gasteiger partial charge in [-0.15, -0.1) is 0 Å². The Morgan fingerprint density at radius 3 is 1.58 bits per heavy atom. The first-order valence-corrected chi connectivity index (χ1v) is 34.2. The predicted octanol–water partition coefficient (Wildman–Crippen LogP) is 5.33. The largest absolute Gasteiger partial charge is 0.493 e. The van der Waals surface area contributed by atoms with Gasteiger partial charge in [0.2, 0.25) is 23.6 Å². The molecule has 0 radical (unpaired) electrons. The molecule has 5 heterocycles. The van der Waals surface area contributed by atoms with E-state index in [0.29, 0.717) is 183 Å². The van der Waals surface area contributed by atoms with Crippen molar-refractivity contribution in [3.05, 3.63) is 95.7 Å². The van der Waals surface area contributed by atoms with Crippen LogP contribution in [0.25, 0.3) is 5.57 Å². The van der Waals surface area contributed by atoms with Crippen molar-refractivity contribution in [3.63, 3.8) is 0 Å². The molecule has 1 fully saturated rings. The van der Waals surface area contributed by atoms with Crippen LogP contribution in [-0.4, -0.2) is 251 Å². The molecule has 8 rings (SSSR count). The molecule has 29 heteroatoms. The first-order valence-electron chi connectivity index (χ1n) is 34.2. The number of benzene rings is 3. The molecule has 0 spiro atoms. The van der Waals surface area contributed by atoms with Crippen LogP contribution in [0.2, 0.25) is 0 Å². The van der Waals surface area contributed by atoms with Crippen molar-refractivity contribution < 1.29 is 95.2 Å². The number of hydrogen-bond donors (Lipinski definition) is 4. The van der Waals surface area contributed by atoms with Crippen LogP contribution in [0.3, 0.4) is 0 Å². The van der Waals surface area contributed by atoms with Crippen molar-refractivity contribution in [1.29, 1.82) is 0 Å². The summed E-state index contributed by atoms with van der Waals surface area (Å²) in [4.78, 5) is 116. The molecule has 8 amide bonds. The highest BCUT2D eigenvalue weighted by Crippen LogP contribution is 2.41. The van der Waals surface area contributed by atoms with Crippen LogP contribution in [-0.2, 0) is 66.7 Å². The topological polar surface area (TPSA) is 330 Å². The number of fused-ring (bicyclic) bond motifs is 4. The molecule has 2 unspecified atom stereocenters. The number of nitrogens with one attached hydrogen (secondary N) is 4. The normalized spacial score (nSPS) is 16.5. The molecular formula is C72H95N9O20. The van der Waals surface area contributed by atoms with Crippen LogP contribution in [0, 0.1) is 5.92 Å². The van der Waals surface area contributed by atoms with Gasteiger partial charge in [-0.2, -0.15) is 0 Å². The molecule has 4 N–H and O–H groups in total. The van der Waals surface area contributed by atoms with Crippen molar-refractivity contribution in [1.82, 2.24) is 30.7 Å². The Morgan fingerprint density at radius 2 is 1.06 bits per heavy atom. The average molecular weight is 1410 g/mol. The number of rotatable bonds is 47. The number of carbonyl (C=O) groups is 8. The quantitative estimate of drug-likeness (QED) is 0.0315. The zero-order valence-corrected chi connectivity index (χ0v) is 58.3. The van der Waals surface area contributed by atoms with Gasteiger partial charge in [-0.1, -0.05) is 38.1 Å². The number of ether oxygens (including phenoxy) is 12. The van der Waals surface area contributed by atoms with E-state index in [-0.39, 0.29) is 74.2 Å². The maximum Gasteiger partial charge on any atom is 0.260 e. The van der Waals surface area contributed by atoms with Gasteiger partial charge in [0.05, 0.1) is 168 Å². The van der Waals surface area contributed by atoms with E-state index in [0.717, 1.165) is 40.9 Å². The van der Waals surface area contributed by atoms with Gasteiger partial charge in [-0.25, -0.2) is 0 Å². The van der Waals surface area contributed by atoms with Crippen molar-refractivity contribution in [2.45, 2.75) is 89.9 Å². The summed E-state index contributed by atoms with van der Waals surface area (Å²) in [6.07, 6.45) is 11.2. The fourth-order valence-electron chi connectivity index (χ4n) is 11.1. The second-order valence-electron chi connectivity index (χ2n) is 24.4. The number of anilines is 1. The van der Waals surface area contributed by atoms with Crippen molar-refractivity contribution >= 4 is 82.3 Å². The number of amides is 8. The van der Waals surface area contributed by atoms with Gasteiger partial charge < -0.3 is 87.9 Å². The third-order valence-corrected chi connectivity index (χ3v) is 16.6. The fraction of sp³-hybridized carbons (Fsp3) is 0.528. The van der Waals surface area contributed by atoms with Gasteiger partial charge in [-0.05, 0) is 73.9 Å². The molecule has 5 aliphatic rings. The summed E-state index contributed by atoms with van der Waals surface area (Å²) in [7, 11) is 3.07. The molecule has 0 aliphatic carbocycles. The van der Waals surface area contributed by atoms with Crippen molar-refractivity contribution in [3.8, 4) is 23.0 Å². The lowest BCUT2D eigenvalue weighted by molar-refractivity contribution is -0.137. The Hall–Kier alpha value is -8.94. The summed E-state index contributed by atoms with van der Waals surface area (Å²) in [5.41, 5.74) is 5.11. The summed E-state index contributed by atoms with van der Waals surface area (Å²) in [5.74, 6) is -1.20. The zero-order valence-electron chi connectivity index (χ0n) is 58.3. The molecule has 0 aromatic heterocycles. The number of nitrogens with zero attached hydrogens (tertiary/aromatic N) is 5. The predicted molar refractivity (Wildman–Crippen MR) is 372 cm³/mol. The minimum absolute atomic E-state index is 0.0160. The smallest absolute Gasteiger partial charge is 0.260 e. The first-order chi connectivity index (χ1) is 49.0.